The normalized spacial score (nSPS) is 11.1. The largest absolute Gasteiger partial charge is 0.497 e. The third kappa shape index (κ3) is 4.83. The summed E-state index contributed by atoms with van der Waals surface area (Å²) in [5.74, 6) is 1.68. The summed E-state index contributed by atoms with van der Waals surface area (Å²) < 4.78 is 15.0. The highest BCUT2D eigenvalue weighted by Gasteiger charge is 2.14. The van der Waals surface area contributed by atoms with Crippen LogP contribution < -0.4 is 4.74 Å². The van der Waals surface area contributed by atoms with E-state index in [4.69, 9.17) is 26.8 Å². The van der Waals surface area contributed by atoms with Gasteiger partial charge in [-0.05, 0) is 49.1 Å². The molecule has 8 heteroatoms. The van der Waals surface area contributed by atoms with Crippen LogP contribution in [0.25, 0.3) is 11.4 Å². The zero-order chi connectivity index (χ0) is 19.9. The Balaban J connectivity index is 1.80. The SMILES string of the molecule is COCCn1c(-c2ccncc2)nn(CN(C)Cc2ccc(OC)cc2)c1=S. The molecular formula is C20H25N5O2S. The lowest BCUT2D eigenvalue weighted by molar-refractivity contribution is 0.186. The molecule has 28 heavy (non-hydrogen) atoms. The smallest absolute Gasteiger partial charge is 0.199 e. The minimum absolute atomic E-state index is 0.569. The summed E-state index contributed by atoms with van der Waals surface area (Å²) in [7, 11) is 5.40. The molecule has 0 fully saturated rings. The molecule has 3 rings (SSSR count). The number of pyridine rings is 1. The van der Waals surface area contributed by atoms with Crippen LogP contribution in [-0.4, -0.2) is 52.1 Å². The van der Waals surface area contributed by atoms with Crippen molar-refractivity contribution >= 4 is 12.2 Å². The third-order valence-electron chi connectivity index (χ3n) is 4.37. The maximum Gasteiger partial charge on any atom is 0.199 e. The predicted molar refractivity (Wildman–Crippen MR) is 111 cm³/mol. The molecule has 0 saturated heterocycles. The number of rotatable bonds is 9. The molecule has 0 radical (unpaired) electrons. The van der Waals surface area contributed by atoms with Crippen LogP contribution in [0.4, 0.5) is 0 Å². The van der Waals surface area contributed by atoms with Crippen LogP contribution in [-0.2, 0) is 24.5 Å². The zero-order valence-corrected chi connectivity index (χ0v) is 17.2. The molecule has 0 bridgehead atoms. The van der Waals surface area contributed by atoms with E-state index in [9.17, 15) is 0 Å². The summed E-state index contributed by atoms with van der Waals surface area (Å²) in [5.41, 5.74) is 2.18. The number of ether oxygens (including phenoxy) is 2. The Morgan fingerprint density at radius 1 is 1.07 bits per heavy atom. The van der Waals surface area contributed by atoms with Crippen LogP contribution >= 0.6 is 12.2 Å². The van der Waals surface area contributed by atoms with Crippen LogP contribution in [0.15, 0.2) is 48.8 Å². The molecule has 7 nitrogen and oxygen atoms in total. The van der Waals surface area contributed by atoms with E-state index in [-0.39, 0.29) is 0 Å². The molecule has 0 aliphatic rings. The zero-order valence-electron chi connectivity index (χ0n) is 16.4. The van der Waals surface area contributed by atoms with Crippen molar-refractivity contribution in [3.8, 4) is 17.1 Å². The molecule has 3 aromatic rings. The van der Waals surface area contributed by atoms with Gasteiger partial charge in [0.15, 0.2) is 10.6 Å². The molecule has 148 valence electrons. The Hall–Kier alpha value is -2.55. The van der Waals surface area contributed by atoms with Crippen molar-refractivity contribution in [1.82, 2.24) is 24.2 Å². The van der Waals surface area contributed by atoms with E-state index in [2.05, 4.69) is 22.0 Å². The molecule has 0 unspecified atom stereocenters. The number of aromatic nitrogens is 4. The average Bonchev–Trinajstić information content (AvgIpc) is 3.03. The molecule has 0 spiro atoms. The highest BCUT2D eigenvalue weighted by atomic mass is 32.1. The highest BCUT2D eigenvalue weighted by molar-refractivity contribution is 7.71. The third-order valence-corrected chi connectivity index (χ3v) is 4.80. The van der Waals surface area contributed by atoms with Crippen molar-refractivity contribution in [3.05, 3.63) is 59.1 Å². The maximum atomic E-state index is 5.69. The van der Waals surface area contributed by atoms with E-state index < -0.39 is 0 Å². The van der Waals surface area contributed by atoms with E-state index in [1.165, 1.54) is 5.56 Å². The first-order chi connectivity index (χ1) is 13.6. The number of methoxy groups -OCH3 is 2. The van der Waals surface area contributed by atoms with Crippen molar-refractivity contribution < 1.29 is 9.47 Å². The number of nitrogens with zero attached hydrogens (tertiary/aromatic N) is 5. The van der Waals surface area contributed by atoms with E-state index in [0.717, 1.165) is 23.7 Å². The van der Waals surface area contributed by atoms with Crippen molar-refractivity contribution in [2.24, 2.45) is 0 Å². The second kappa shape index (κ2) is 9.59. The van der Waals surface area contributed by atoms with Crippen molar-refractivity contribution in [2.45, 2.75) is 19.8 Å². The van der Waals surface area contributed by atoms with Gasteiger partial charge in [0.2, 0.25) is 0 Å². The summed E-state index contributed by atoms with van der Waals surface area (Å²) in [6.45, 7) is 2.58. The first-order valence-electron chi connectivity index (χ1n) is 9.01. The lowest BCUT2D eigenvalue weighted by atomic mass is 10.2. The maximum absolute atomic E-state index is 5.69. The van der Waals surface area contributed by atoms with Gasteiger partial charge in [0, 0.05) is 31.6 Å². The molecular weight excluding hydrogens is 374 g/mol. The summed E-state index contributed by atoms with van der Waals surface area (Å²) in [4.78, 5) is 6.26. The number of hydrogen-bond donors (Lipinski definition) is 0. The van der Waals surface area contributed by atoms with Gasteiger partial charge < -0.3 is 9.47 Å². The number of benzene rings is 1. The summed E-state index contributed by atoms with van der Waals surface area (Å²) in [6, 6.07) is 11.9. The second-order valence-electron chi connectivity index (χ2n) is 6.49. The van der Waals surface area contributed by atoms with E-state index in [0.29, 0.717) is 24.6 Å². The fourth-order valence-electron chi connectivity index (χ4n) is 2.95. The van der Waals surface area contributed by atoms with E-state index >= 15 is 0 Å². The predicted octanol–water partition coefficient (Wildman–Crippen LogP) is 3.22. The van der Waals surface area contributed by atoms with Gasteiger partial charge >= 0.3 is 0 Å². The molecule has 0 aliphatic carbocycles. The van der Waals surface area contributed by atoms with Crippen molar-refractivity contribution in [1.29, 1.82) is 0 Å². The lowest BCUT2D eigenvalue weighted by Gasteiger charge is -2.16. The Morgan fingerprint density at radius 2 is 1.79 bits per heavy atom. The molecule has 0 aliphatic heterocycles. The van der Waals surface area contributed by atoms with Gasteiger partial charge in [0.05, 0.1) is 26.9 Å². The summed E-state index contributed by atoms with van der Waals surface area (Å²) in [6.07, 6.45) is 3.52. The average molecular weight is 400 g/mol. The highest BCUT2D eigenvalue weighted by Crippen LogP contribution is 2.18. The van der Waals surface area contributed by atoms with Crippen LogP contribution in [0.3, 0.4) is 0 Å². The Morgan fingerprint density at radius 3 is 2.43 bits per heavy atom. The molecule has 0 N–H and O–H groups in total. The van der Waals surface area contributed by atoms with Gasteiger partial charge in [0.1, 0.15) is 5.75 Å². The van der Waals surface area contributed by atoms with E-state index in [1.807, 2.05) is 40.6 Å². The Bertz CT molecular complexity index is 937. The number of hydrogen-bond acceptors (Lipinski definition) is 6. The van der Waals surface area contributed by atoms with Gasteiger partial charge in [0.25, 0.3) is 0 Å². The topological polar surface area (TPSA) is 57.3 Å². The van der Waals surface area contributed by atoms with E-state index in [1.54, 1.807) is 26.6 Å². The van der Waals surface area contributed by atoms with Crippen LogP contribution in [0, 0.1) is 4.77 Å². The van der Waals surface area contributed by atoms with Crippen molar-refractivity contribution in [3.63, 3.8) is 0 Å². The fourth-order valence-corrected chi connectivity index (χ4v) is 3.23. The van der Waals surface area contributed by atoms with Gasteiger partial charge in [-0.3, -0.25) is 14.5 Å². The second-order valence-corrected chi connectivity index (χ2v) is 6.85. The Kier molecular flexibility index (Phi) is 6.91. The molecule has 0 saturated carbocycles. The summed E-state index contributed by atoms with van der Waals surface area (Å²) in [5, 5.41) is 4.77. The summed E-state index contributed by atoms with van der Waals surface area (Å²) >= 11 is 5.69. The quantitative estimate of drug-likeness (QED) is 0.515. The monoisotopic (exact) mass is 399 g/mol. The molecule has 2 aromatic heterocycles. The van der Waals surface area contributed by atoms with Crippen molar-refractivity contribution in [2.75, 3.05) is 27.9 Å². The van der Waals surface area contributed by atoms with Crippen LogP contribution in [0.1, 0.15) is 5.56 Å². The van der Waals surface area contributed by atoms with Crippen LogP contribution in [0.2, 0.25) is 0 Å². The van der Waals surface area contributed by atoms with Crippen LogP contribution in [0.5, 0.6) is 5.75 Å². The fraction of sp³-hybridized carbons (Fsp3) is 0.350. The first-order valence-corrected chi connectivity index (χ1v) is 9.41. The Labute approximate surface area is 170 Å². The molecule has 2 heterocycles. The molecule has 0 atom stereocenters. The first kappa shape index (κ1) is 20.2. The van der Waals surface area contributed by atoms with Gasteiger partial charge in [-0.1, -0.05) is 12.1 Å². The minimum Gasteiger partial charge on any atom is -0.497 e. The molecule has 0 amide bonds. The van der Waals surface area contributed by atoms with Gasteiger partial charge in [-0.2, -0.15) is 5.10 Å². The lowest BCUT2D eigenvalue weighted by Crippen LogP contribution is -2.22. The minimum atomic E-state index is 0.569. The molecule has 1 aromatic carbocycles. The van der Waals surface area contributed by atoms with Gasteiger partial charge in [-0.25, -0.2) is 4.68 Å². The van der Waals surface area contributed by atoms with Gasteiger partial charge in [-0.15, -0.1) is 0 Å². The standard InChI is InChI=1S/C20H25N5O2S/c1-23(14-16-4-6-18(27-3)7-5-16)15-25-20(28)24(12-13-26-2)19(22-25)17-8-10-21-11-9-17/h4-11H,12-15H2,1-3H3.